The third-order valence-corrected chi connectivity index (χ3v) is 24.7. The molecule has 0 unspecified atom stereocenters. The molecule has 5 aromatic rings. The highest BCUT2D eigenvalue weighted by molar-refractivity contribution is 6.39. The third kappa shape index (κ3) is 30.1. The molecule has 2 amide bonds. The van der Waals surface area contributed by atoms with Crippen LogP contribution < -0.4 is 16.8 Å². The van der Waals surface area contributed by atoms with E-state index >= 15 is 0 Å². The Kier molecular flexibility index (Phi) is 41.3. The molecule has 33 nitrogen and oxygen atoms in total. The number of benzene rings is 1. The molecule has 3 aliphatic heterocycles. The van der Waals surface area contributed by atoms with Gasteiger partial charge in [0.1, 0.15) is 59.3 Å². The van der Waals surface area contributed by atoms with Crippen molar-refractivity contribution in [3.05, 3.63) is 84.0 Å². The molecule has 2 saturated heterocycles. The molecule has 9 rings (SSSR count). The zero-order chi connectivity index (χ0) is 90.0. The highest BCUT2D eigenvalue weighted by Crippen LogP contribution is 2.41. The van der Waals surface area contributed by atoms with E-state index in [1.165, 1.54) is 18.3 Å². The summed E-state index contributed by atoms with van der Waals surface area (Å²) in [5.74, 6) is -6.67. The number of aromatic nitrogens is 8. The number of allylic oxidation sites excluding steroid dienone is 5. The van der Waals surface area contributed by atoms with Crippen LogP contribution >= 0.6 is 0 Å². The second kappa shape index (κ2) is 51.5. The highest BCUT2D eigenvalue weighted by atomic mass is 16.6. The number of aliphatic hydroxyl groups excluding tert-OH is 1. The number of hydrogen-bond donors (Lipinski definition) is 5. The number of Topliss-reactive ketones (excluding diaryl/α,β-unsaturated/α-hetero) is 4. The molecule has 2 bridgehead atoms. The van der Waals surface area contributed by atoms with Gasteiger partial charge in [-0.1, -0.05) is 82.7 Å². The van der Waals surface area contributed by atoms with E-state index in [0.717, 1.165) is 48.9 Å². The van der Waals surface area contributed by atoms with Crippen molar-refractivity contribution in [3.63, 3.8) is 0 Å². The summed E-state index contributed by atoms with van der Waals surface area (Å²) in [4.78, 5) is 110. The topological polar surface area (TPSA) is 429 Å². The first-order valence-electron chi connectivity index (χ1n) is 45.0. The lowest BCUT2D eigenvalue weighted by atomic mass is 9.77. The number of hydrogen-bond acceptors (Lipinski definition) is 29. The van der Waals surface area contributed by atoms with Gasteiger partial charge in [-0.3, -0.25) is 28.8 Å². The highest BCUT2D eigenvalue weighted by Gasteiger charge is 2.53. The van der Waals surface area contributed by atoms with Gasteiger partial charge in [-0.05, 0) is 157 Å². The molecular formula is C92H138N12O21. The first-order valence-corrected chi connectivity index (χ1v) is 45.0. The number of fused-ring (bicyclic) bond motifs is 5. The molecule has 125 heavy (non-hydrogen) atoms. The summed E-state index contributed by atoms with van der Waals surface area (Å²) in [7, 11) is 6.28. The van der Waals surface area contributed by atoms with E-state index in [1.807, 2.05) is 98.8 Å². The molecular weight excluding hydrogens is 1610 g/mol. The molecule has 16 atom stereocenters. The summed E-state index contributed by atoms with van der Waals surface area (Å²) >= 11 is 0. The Morgan fingerprint density at radius 2 is 1.43 bits per heavy atom. The van der Waals surface area contributed by atoms with Gasteiger partial charge in [0.15, 0.2) is 17.0 Å². The van der Waals surface area contributed by atoms with Crippen LogP contribution in [0.1, 0.15) is 201 Å². The number of nitrogens with one attached hydrogen (secondary N) is 1. The standard InChI is InChI=1S/C92H138N12O21/c1-59-22-14-12-15-23-60(2)76(114-8)55-71-32-29-65(7)92(113,125-71)86(110)89(111)102-38-19-17-27-74(102)90(112)123-78(56-77(115-9)61(3)51-64(6)84(109)85(117-11)83(108)63(5)50-59)62(4)52-66-30-33-73(79(53-66)116-10)104-57-68(99-101-104)24-20-28-80(107)95-37-43-121-47-49-122-48-46-120-42-36-70(106)26-21-40-118-44-45-119-41-35-69(105)25-16-13-18-39-103-88-81(87(93)96-58-97-88)82(100-103)67-31-34-75-72(54-67)98-91(94)124-75/h12,14-15,22-23,31,34,51,54,57-59,61-63,65-66,71,73-74,76-79,84-85,109,113H,13,16-21,24-30,32-33,35-50,52-53,55-56H2,1-11H3,(H2,94,98)(H,95,107)(H2,93,96,97)/b15-12+,22-14+,60-23+,64-51+/t59-,61-,62-,63-,65-,66+,71+,73+,74+,76+,77-,78+,79-,84-,85+,92-/m1/s1. The minimum absolute atomic E-state index is 0.0126. The van der Waals surface area contributed by atoms with E-state index in [0.29, 0.717) is 221 Å². The zero-order valence-electron chi connectivity index (χ0n) is 75.3. The van der Waals surface area contributed by atoms with Crippen LogP contribution in [0.15, 0.2) is 82.7 Å². The molecule has 1 aromatic carbocycles. The molecule has 0 radical (unpaired) electrons. The first-order chi connectivity index (χ1) is 60.2. The Balaban J connectivity index is 0.632. The van der Waals surface area contributed by atoms with Crippen molar-refractivity contribution in [2.45, 2.75) is 263 Å². The van der Waals surface area contributed by atoms with Gasteiger partial charge in [-0.2, -0.15) is 10.1 Å². The van der Waals surface area contributed by atoms with Crippen LogP contribution in [0.25, 0.3) is 33.4 Å². The van der Waals surface area contributed by atoms with Crippen molar-refractivity contribution in [3.8, 4) is 11.3 Å². The van der Waals surface area contributed by atoms with Crippen LogP contribution in [0.2, 0.25) is 0 Å². The number of piperidine rings is 1. The number of carbonyl (C=O) groups excluding carboxylic acids is 7. The minimum Gasteiger partial charge on any atom is -0.460 e. The molecule has 4 aromatic heterocycles. The summed E-state index contributed by atoms with van der Waals surface area (Å²) < 4.78 is 74.2. The number of esters is 1. The number of ketones is 4. The Bertz CT molecular complexity index is 4370. The van der Waals surface area contributed by atoms with Gasteiger partial charge in [0, 0.05) is 129 Å². The summed E-state index contributed by atoms with van der Waals surface area (Å²) in [6, 6.07) is 4.34. The smallest absolute Gasteiger partial charge is 0.329 e. The number of nitrogens with two attached hydrogens (primary N) is 2. The Hall–Kier alpha value is -8.45. The van der Waals surface area contributed by atoms with Gasteiger partial charge in [0.05, 0.1) is 101 Å². The van der Waals surface area contributed by atoms with E-state index in [4.69, 9.17) is 73.1 Å². The number of ether oxygens (including phenoxy) is 11. The lowest BCUT2D eigenvalue weighted by molar-refractivity contribution is -0.265. The van der Waals surface area contributed by atoms with Crippen molar-refractivity contribution in [2.75, 3.05) is 119 Å². The van der Waals surface area contributed by atoms with Crippen LogP contribution in [0.4, 0.5) is 11.8 Å². The molecule has 4 aliphatic rings. The lowest BCUT2D eigenvalue weighted by Gasteiger charge is -2.43. The first kappa shape index (κ1) is 100. The van der Waals surface area contributed by atoms with Gasteiger partial charge in [-0.15, -0.1) is 5.10 Å². The predicted octanol–water partition coefficient (Wildman–Crippen LogP) is 10.7. The molecule has 1 saturated carbocycles. The Labute approximate surface area is 734 Å². The summed E-state index contributed by atoms with van der Waals surface area (Å²) in [5.41, 5.74) is 17.4. The van der Waals surface area contributed by atoms with Crippen molar-refractivity contribution < 1.29 is 100 Å². The van der Waals surface area contributed by atoms with Gasteiger partial charge >= 0.3 is 5.97 Å². The summed E-state index contributed by atoms with van der Waals surface area (Å²) in [6.45, 7) is 17.7. The molecule has 7 heterocycles. The van der Waals surface area contributed by atoms with Gasteiger partial charge in [-0.25, -0.2) is 24.1 Å². The minimum atomic E-state index is -2.45. The number of amides is 2. The van der Waals surface area contributed by atoms with E-state index in [1.54, 1.807) is 41.2 Å². The van der Waals surface area contributed by atoms with Crippen molar-refractivity contribution >= 4 is 74.9 Å². The molecule has 3 fully saturated rings. The fraction of sp³-hybridized carbons (Fsp3) is 0.685. The van der Waals surface area contributed by atoms with Crippen LogP contribution in [0.5, 0.6) is 0 Å². The maximum atomic E-state index is 15.0. The number of oxazole rings is 1. The monoisotopic (exact) mass is 1750 g/mol. The lowest BCUT2D eigenvalue weighted by Crippen LogP contribution is -2.61. The molecule has 0 spiro atoms. The predicted molar refractivity (Wildman–Crippen MR) is 468 cm³/mol. The Morgan fingerprint density at radius 3 is 2.15 bits per heavy atom. The number of carbonyl (C=O) groups is 7. The number of nitrogens with zero attached hydrogens (tertiary/aromatic N) is 9. The average Bonchev–Trinajstić information content (AvgIpc) is 1.76. The number of anilines is 2. The normalized spacial score (nSPS) is 27.3. The van der Waals surface area contributed by atoms with Crippen molar-refractivity contribution in [1.29, 1.82) is 0 Å². The summed E-state index contributed by atoms with van der Waals surface area (Å²) in [5, 5.41) is 41.5. The van der Waals surface area contributed by atoms with Crippen LogP contribution in [-0.4, -0.2) is 258 Å². The second-order valence-corrected chi connectivity index (χ2v) is 34.2. The number of methoxy groups -OCH3 is 4. The number of unbranched alkanes of at least 4 members (excludes halogenated alkanes) is 2. The van der Waals surface area contributed by atoms with E-state index in [9.17, 15) is 43.8 Å². The second-order valence-electron chi connectivity index (χ2n) is 34.2. The van der Waals surface area contributed by atoms with Crippen LogP contribution in [0.3, 0.4) is 0 Å². The number of rotatable bonds is 41. The Morgan fingerprint density at radius 1 is 0.720 bits per heavy atom. The molecule has 1 aliphatic carbocycles. The maximum Gasteiger partial charge on any atom is 0.329 e. The number of aliphatic hydroxyl groups is 2. The fourth-order valence-corrected chi connectivity index (χ4v) is 17.3. The quantitative estimate of drug-likeness (QED) is 0.0105. The van der Waals surface area contributed by atoms with E-state index in [-0.39, 0.29) is 84.5 Å². The fourth-order valence-electron chi connectivity index (χ4n) is 17.3. The van der Waals surface area contributed by atoms with Crippen molar-refractivity contribution in [1.82, 2.24) is 49.9 Å². The maximum absolute atomic E-state index is 15.0. The van der Waals surface area contributed by atoms with Crippen LogP contribution in [0, 0.1) is 35.5 Å². The molecule has 692 valence electrons. The number of aryl methyl sites for hydroxylation is 2. The zero-order valence-corrected chi connectivity index (χ0v) is 75.3. The average molecular weight is 1750 g/mol. The van der Waals surface area contributed by atoms with Gasteiger partial charge < -0.3 is 88.4 Å². The number of nitrogen functional groups attached to an aromatic ring is 2. The number of cyclic esters (lactones) is 1. The van der Waals surface area contributed by atoms with E-state index in [2.05, 4.69) is 30.6 Å². The van der Waals surface area contributed by atoms with Gasteiger partial charge in [0.25, 0.3) is 17.7 Å². The SMILES string of the molecule is CO[C@H]1C[C@@H]2CC[C@@H](C)[C@@](O)(O2)C(=O)C(=O)N2CCCC[C@H]2C(=O)O[C@H]([C@H](C)C[C@@H]2CC[C@H](n3cc(CCCC(=O)NCCOCCOCCOCCC(=O)CCCOCCOCCC(=O)CCCCCn4nc(-c5ccc6oc(N)nc6c5)c5c(N)ncnc54)nn3)[C@H](OC)C2)C[C@@H](OC)[C@H](C)/C=C(\C)[C@@H](O)[C@@H](OC)C(=O)[C@H](C)C[C@H](C)/C=C/C=C/C=C/1C. The van der Waals surface area contributed by atoms with Crippen molar-refractivity contribution in [2.24, 2.45) is 35.5 Å². The van der Waals surface area contributed by atoms with E-state index < -0.39 is 77.9 Å². The molecule has 33 heteroatoms. The van der Waals surface area contributed by atoms with Gasteiger partial charge in [0.2, 0.25) is 11.7 Å². The van der Waals surface area contributed by atoms with Crippen LogP contribution in [-0.2, 0) is 98.6 Å². The summed E-state index contributed by atoms with van der Waals surface area (Å²) in [6.07, 6.45) is 21.8. The largest absolute Gasteiger partial charge is 0.460 e. The third-order valence-electron chi connectivity index (χ3n) is 24.7. The molecule has 7 N–H and O–H groups in total.